The number of ether oxygens (including phenoxy) is 1. The summed E-state index contributed by atoms with van der Waals surface area (Å²) >= 11 is 1.69. The molecule has 7 heteroatoms. The summed E-state index contributed by atoms with van der Waals surface area (Å²) in [5.74, 6) is 0. The van der Waals surface area contributed by atoms with Gasteiger partial charge in [-0.2, -0.15) is 0 Å². The lowest BCUT2D eigenvalue weighted by Crippen LogP contribution is -2.54. The molecular weight excluding hydrogens is 312 g/mol. The van der Waals surface area contributed by atoms with Crippen LogP contribution in [-0.2, 0) is 11.3 Å². The van der Waals surface area contributed by atoms with Crippen LogP contribution >= 0.6 is 11.3 Å². The van der Waals surface area contributed by atoms with Gasteiger partial charge in [0.2, 0.25) is 0 Å². The molecule has 0 aromatic carbocycles. The number of piperazine rings is 1. The molecule has 2 fully saturated rings. The summed E-state index contributed by atoms with van der Waals surface area (Å²) in [7, 11) is 0. The molecule has 0 unspecified atom stereocenters. The molecule has 2 saturated heterocycles. The van der Waals surface area contributed by atoms with E-state index in [1.165, 1.54) is 0 Å². The minimum absolute atomic E-state index is 0.0390. The third kappa shape index (κ3) is 4.43. The number of hydrogen-bond acceptors (Lipinski definition) is 5. The number of thiazole rings is 1. The average molecular weight is 338 g/mol. The molecule has 0 radical (unpaired) electrons. The van der Waals surface area contributed by atoms with Gasteiger partial charge in [0.25, 0.3) is 0 Å². The molecule has 23 heavy (non-hydrogen) atoms. The maximum absolute atomic E-state index is 12.4. The van der Waals surface area contributed by atoms with E-state index in [2.05, 4.69) is 20.6 Å². The number of urea groups is 1. The Balaban J connectivity index is 1.41. The summed E-state index contributed by atoms with van der Waals surface area (Å²) in [5, 5.41) is 6.33. The van der Waals surface area contributed by atoms with Crippen molar-refractivity contribution in [2.24, 2.45) is 0 Å². The number of rotatable bonds is 4. The van der Waals surface area contributed by atoms with Gasteiger partial charge in [-0.3, -0.25) is 4.90 Å². The predicted molar refractivity (Wildman–Crippen MR) is 90.7 cm³/mol. The first-order valence-electron chi connectivity index (χ1n) is 8.42. The number of carbonyl (C=O) groups excluding carboxylic acids is 1. The van der Waals surface area contributed by atoms with E-state index in [-0.39, 0.29) is 18.2 Å². The zero-order chi connectivity index (χ0) is 16.2. The quantitative estimate of drug-likeness (QED) is 0.910. The summed E-state index contributed by atoms with van der Waals surface area (Å²) in [4.78, 5) is 21.1. The van der Waals surface area contributed by atoms with Gasteiger partial charge >= 0.3 is 6.03 Å². The highest BCUT2D eigenvalue weighted by atomic mass is 32.1. The molecule has 2 amide bonds. The molecule has 1 aromatic rings. The van der Waals surface area contributed by atoms with Crippen molar-refractivity contribution in [1.82, 2.24) is 20.1 Å². The van der Waals surface area contributed by atoms with E-state index in [9.17, 15) is 4.79 Å². The Kier molecular flexibility index (Phi) is 5.50. The van der Waals surface area contributed by atoms with Crippen LogP contribution in [0.4, 0.5) is 4.79 Å². The van der Waals surface area contributed by atoms with Crippen LogP contribution in [0.25, 0.3) is 0 Å². The van der Waals surface area contributed by atoms with Gasteiger partial charge in [-0.25, -0.2) is 9.78 Å². The Hall–Kier alpha value is -1.18. The summed E-state index contributed by atoms with van der Waals surface area (Å²) < 4.78 is 5.64. The average Bonchev–Trinajstić information content (AvgIpc) is 3.20. The number of nitrogens with one attached hydrogen (secondary N) is 1. The fraction of sp³-hybridized carbons (Fsp3) is 0.750. The van der Waals surface area contributed by atoms with E-state index < -0.39 is 0 Å². The molecule has 128 valence electrons. The monoisotopic (exact) mass is 338 g/mol. The number of amides is 2. The Bertz CT molecular complexity index is 522. The zero-order valence-electron chi connectivity index (χ0n) is 14.0. The smallest absolute Gasteiger partial charge is 0.317 e. The first kappa shape index (κ1) is 16.7. The van der Waals surface area contributed by atoms with Gasteiger partial charge in [0.05, 0.1) is 22.8 Å². The highest BCUT2D eigenvalue weighted by molar-refractivity contribution is 7.09. The summed E-state index contributed by atoms with van der Waals surface area (Å²) in [5.41, 5.74) is 1.14. The molecule has 1 N–H and O–H groups in total. The van der Waals surface area contributed by atoms with Crippen molar-refractivity contribution in [3.63, 3.8) is 0 Å². The van der Waals surface area contributed by atoms with Crippen molar-refractivity contribution in [3.05, 3.63) is 16.1 Å². The highest BCUT2D eigenvalue weighted by Gasteiger charge is 2.27. The fourth-order valence-electron chi connectivity index (χ4n) is 3.19. The number of carbonyl (C=O) groups is 1. The van der Waals surface area contributed by atoms with Crippen LogP contribution in [0.2, 0.25) is 0 Å². The maximum Gasteiger partial charge on any atom is 0.317 e. The standard InChI is InChI=1S/C16H26N4O2S/c1-12(15-4-3-9-22-15)17-16(21)20-7-5-19(6-8-20)10-14-11-23-13(2)18-14/h11-12,15H,3-10H2,1-2H3,(H,17,21)/t12-,15+/m1/s1. The van der Waals surface area contributed by atoms with Crippen molar-refractivity contribution < 1.29 is 9.53 Å². The molecule has 0 spiro atoms. The van der Waals surface area contributed by atoms with Crippen molar-refractivity contribution in [1.29, 1.82) is 0 Å². The van der Waals surface area contributed by atoms with E-state index in [1.54, 1.807) is 11.3 Å². The lowest BCUT2D eigenvalue weighted by Gasteiger charge is -2.35. The number of nitrogens with zero attached hydrogens (tertiary/aromatic N) is 3. The Morgan fingerprint density at radius 1 is 1.48 bits per heavy atom. The second kappa shape index (κ2) is 7.59. The van der Waals surface area contributed by atoms with Crippen LogP contribution in [0.3, 0.4) is 0 Å². The molecule has 2 atom stereocenters. The van der Waals surface area contributed by atoms with E-state index in [0.717, 1.165) is 62.9 Å². The third-order valence-corrected chi connectivity index (χ3v) is 5.41. The van der Waals surface area contributed by atoms with Gasteiger partial charge in [-0.05, 0) is 26.7 Å². The molecule has 0 aliphatic carbocycles. The second-order valence-corrected chi connectivity index (χ2v) is 7.47. The van der Waals surface area contributed by atoms with Crippen LogP contribution < -0.4 is 5.32 Å². The zero-order valence-corrected chi connectivity index (χ0v) is 14.8. The highest BCUT2D eigenvalue weighted by Crippen LogP contribution is 2.16. The predicted octanol–water partition coefficient (Wildman–Crippen LogP) is 1.85. The van der Waals surface area contributed by atoms with Crippen molar-refractivity contribution in [3.8, 4) is 0 Å². The molecule has 6 nitrogen and oxygen atoms in total. The van der Waals surface area contributed by atoms with Crippen LogP contribution in [0, 0.1) is 6.92 Å². The van der Waals surface area contributed by atoms with Crippen molar-refractivity contribution >= 4 is 17.4 Å². The van der Waals surface area contributed by atoms with Gasteiger partial charge in [-0.15, -0.1) is 11.3 Å². The van der Waals surface area contributed by atoms with E-state index in [1.807, 2.05) is 18.7 Å². The van der Waals surface area contributed by atoms with Crippen LogP contribution in [0.5, 0.6) is 0 Å². The molecule has 3 rings (SSSR count). The molecule has 2 aliphatic heterocycles. The van der Waals surface area contributed by atoms with E-state index in [4.69, 9.17) is 4.74 Å². The molecule has 2 aliphatic rings. The molecule has 3 heterocycles. The number of hydrogen-bond donors (Lipinski definition) is 1. The van der Waals surface area contributed by atoms with Crippen LogP contribution in [0.1, 0.15) is 30.5 Å². The van der Waals surface area contributed by atoms with Crippen molar-refractivity contribution in [2.45, 2.75) is 45.4 Å². The Morgan fingerprint density at radius 3 is 2.87 bits per heavy atom. The van der Waals surface area contributed by atoms with E-state index >= 15 is 0 Å². The minimum atomic E-state index is 0.0390. The second-order valence-electron chi connectivity index (χ2n) is 6.41. The summed E-state index contributed by atoms with van der Waals surface area (Å²) in [6.45, 7) is 9.11. The van der Waals surface area contributed by atoms with Gasteiger partial charge in [-0.1, -0.05) is 0 Å². The molecule has 0 saturated carbocycles. The van der Waals surface area contributed by atoms with Crippen LogP contribution in [0.15, 0.2) is 5.38 Å². The topological polar surface area (TPSA) is 57.7 Å². The van der Waals surface area contributed by atoms with Gasteiger partial charge in [0.1, 0.15) is 0 Å². The van der Waals surface area contributed by atoms with Gasteiger partial charge in [0.15, 0.2) is 0 Å². The van der Waals surface area contributed by atoms with Crippen molar-refractivity contribution in [2.75, 3.05) is 32.8 Å². The summed E-state index contributed by atoms with van der Waals surface area (Å²) in [6.07, 6.45) is 2.32. The lowest BCUT2D eigenvalue weighted by atomic mass is 10.1. The number of aryl methyl sites for hydroxylation is 1. The minimum Gasteiger partial charge on any atom is -0.376 e. The Labute approximate surface area is 141 Å². The molecule has 1 aromatic heterocycles. The molecule has 0 bridgehead atoms. The van der Waals surface area contributed by atoms with E-state index in [0.29, 0.717) is 0 Å². The van der Waals surface area contributed by atoms with Gasteiger partial charge in [0, 0.05) is 44.7 Å². The molecular formula is C16H26N4O2S. The lowest BCUT2D eigenvalue weighted by molar-refractivity contribution is 0.0800. The van der Waals surface area contributed by atoms with Gasteiger partial charge < -0.3 is 15.0 Å². The number of aromatic nitrogens is 1. The normalized spacial score (nSPS) is 23.9. The largest absolute Gasteiger partial charge is 0.376 e. The van der Waals surface area contributed by atoms with Crippen LogP contribution in [-0.4, -0.2) is 65.7 Å². The summed E-state index contributed by atoms with van der Waals surface area (Å²) in [6, 6.07) is 0.123. The SMILES string of the molecule is Cc1nc(CN2CCN(C(=O)N[C@H](C)[C@@H]3CCCO3)CC2)cs1. The third-order valence-electron chi connectivity index (χ3n) is 4.59. The Morgan fingerprint density at radius 2 is 2.26 bits per heavy atom. The first-order valence-corrected chi connectivity index (χ1v) is 9.30. The first-order chi connectivity index (χ1) is 11.1. The fourth-order valence-corrected chi connectivity index (χ4v) is 3.80. The maximum atomic E-state index is 12.4.